The van der Waals surface area contributed by atoms with Crippen molar-refractivity contribution in [3.63, 3.8) is 0 Å². The van der Waals surface area contributed by atoms with E-state index in [9.17, 15) is 24.0 Å². The normalized spacial score (nSPS) is 26.1. The molecule has 3 N–H and O–H groups in total. The third-order valence-corrected chi connectivity index (χ3v) is 12.5. The quantitative estimate of drug-likeness (QED) is 0.146. The smallest absolute Gasteiger partial charge is 0.338 e. The van der Waals surface area contributed by atoms with Gasteiger partial charge in [-0.15, -0.1) is 0 Å². The van der Waals surface area contributed by atoms with Gasteiger partial charge in [-0.25, -0.2) is 9.78 Å². The van der Waals surface area contributed by atoms with E-state index >= 15 is 0 Å². The number of hydrogen-bond donors (Lipinski definition) is 3. The molecule has 1 saturated carbocycles. The van der Waals surface area contributed by atoms with Crippen molar-refractivity contribution < 1.29 is 24.0 Å². The van der Waals surface area contributed by atoms with Gasteiger partial charge in [-0.2, -0.15) is 9.57 Å². The number of imide groups is 2. The number of nitriles is 1. The van der Waals surface area contributed by atoms with Crippen molar-refractivity contribution in [2.24, 2.45) is 5.92 Å². The van der Waals surface area contributed by atoms with Crippen LogP contribution in [-0.4, -0.2) is 110 Å². The molecule has 4 aliphatic rings. The number of hydrogen-bond acceptors (Lipinski definition) is 11. The highest BCUT2D eigenvalue weighted by atomic mass is 35.5. The summed E-state index contributed by atoms with van der Waals surface area (Å²) in [7, 11) is 0. The van der Waals surface area contributed by atoms with Crippen LogP contribution < -0.4 is 16.0 Å². The minimum Gasteiger partial charge on any atom is -0.374 e. The molecule has 3 aliphatic heterocycles. The molecule has 0 spiro atoms. The molecule has 55 heavy (non-hydrogen) atoms. The number of carbonyl (C=O) groups excluding carboxylic acids is 5. The summed E-state index contributed by atoms with van der Waals surface area (Å²) in [6.45, 7) is 11.0. The maximum atomic E-state index is 13.6. The minimum atomic E-state index is -0.969. The van der Waals surface area contributed by atoms with Gasteiger partial charge in [0.1, 0.15) is 17.6 Å². The first-order valence-electron chi connectivity index (χ1n) is 19.1. The van der Waals surface area contributed by atoms with Crippen LogP contribution in [0.3, 0.4) is 0 Å². The second-order valence-corrected chi connectivity index (χ2v) is 17.2. The maximum absolute atomic E-state index is 13.6. The summed E-state index contributed by atoms with van der Waals surface area (Å²) in [5.74, 6) is -0.401. The van der Waals surface area contributed by atoms with Gasteiger partial charge >= 0.3 is 6.03 Å². The lowest BCUT2D eigenvalue weighted by molar-refractivity contribution is -0.133. The zero-order valence-electron chi connectivity index (χ0n) is 31.8. The van der Waals surface area contributed by atoms with Gasteiger partial charge in [0.15, 0.2) is 5.69 Å². The fourth-order valence-electron chi connectivity index (χ4n) is 8.47. The highest BCUT2D eigenvalue weighted by molar-refractivity contribution is 7.98. The summed E-state index contributed by atoms with van der Waals surface area (Å²) >= 11 is 7.14. The number of carbonyl (C=O) groups is 5. The van der Waals surface area contributed by atoms with Crippen molar-refractivity contribution in [1.29, 1.82) is 5.26 Å². The molecule has 6 amide bonds. The number of nitrogens with zero attached hydrogens (tertiary/aromatic N) is 6. The minimum absolute atomic E-state index is 0.0126. The highest BCUT2D eigenvalue weighted by Crippen LogP contribution is 2.41. The van der Waals surface area contributed by atoms with Crippen LogP contribution in [0.15, 0.2) is 41.4 Å². The second kappa shape index (κ2) is 17.3. The number of nitrogens with one attached hydrogen (secondary N) is 3. The number of benzene rings is 1. The van der Waals surface area contributed by atoms with E-state index < -0.39 is 11.6 Å². The first-order chi connectivity index (χ1) is 26.2. The number of anilines is 2. The summed E-state index contributed by atoms with van der Waals surface area (Å²) in [4.78, 5) is 74.9. The first-order valence-corrected chi connectivity index (χ1v) is 20.3. The van der Waals surface area contributed by atoms with Gasteiger partial charge in [0.05, 0.1) is 11.6 Å². The molecule has 3 atom stereocenters. The second-order valence-electron chi connectivity index (χ2n) is 15.7. The van der Waals surface area contributed by atoms with Crippen molar-refractivity contribution in [3.8, 4) is 6.07 Å². The Bertz CT molecular complexity index is 1840. The fourth-order valence-corrected chi connectivity index (χ4v) is 9.69. The van der Waals surface area contributed by atoms with Crippen molar-refractivity contribution in [1.82, 2.24) is 29.3 Å². The van der Waals surface area contributed by atoms with Crippen LogP contribution in [-0.2, 0) is 19.2 Å². The Morgan fingerprint density at radius 2 is 1.76 bits per heavy atom. The van der Waals surface area contributed by atoms with Gasteiger partial charge in [-0.05, 0) is 109 Å². The Labute approximate surface area is 331 Å². The summed E-state index contributed by atoms with van der Waals surface area (Å²) in [5, 5.41) is 17.8. The summed E-state index contributed by atoms with van der Waals surface area (Å²) in [6, 6.07) is 10.3. The molecule has 1 aliphatic carbocycles. The van der Waals surface area contributed by atoms with Gasteiger partial charge in [-0.1, -0.05) is 17.7 Å². The topological polar surface area (TPSA) is 171 Å². The number of amides is 6. The molecule has 1 aromatic heterocycles. The van der Waals surface area contributed by atoms with E-state index in [0.717, 1.165) is 70.1 Å². The molecular weight excluding hydrogens is 742 g/mol. The van der Waals surface area contributed by atoms with E-state index in [-0.39, 0.29) is 71.5 Å². The van der Waals surface area contributed by atoms with Crippen LogP contribution in [0, 0.1) is 17.2 Å². The lowest BCUT2D eigenvalue weighted by atomic mass is 9.81. The molecule has 16 heteroatoms. The molecule has 2 aromatic rings. The molecule has 6 rings (SSSR count). The molecule has 294 valence electrons. The average molecular weight is 792 g/mol. The van der Waals surface area contributed by atoms with Gasteiger partial charge in [0, 0.05) is 72.1 Å². The van der Waals surface area contributed by atoms with Crippen LogP contribution in [0.1, 0.15) is 84.8 Å². The molecule has 0 bridgehead atoms. The number of halogens is 1. The number of rotatable bonds is 12. The third-order valence-electron chi connectivity index (χ3n) is 11.3. The van der Waals surface area contributed by atoms with Crippen molar-refractivity contribution in [2.75, 3.05) is 36.8 Å². The largest absolute Gasteiger partial charge is 0.374 e. The number of urea groups is 1. The first kappa shape index (κ1) is 40.4. The predicted molar refractivity (Wildman–Crippen MR) is 210 cm³/mol. The molecule has 4 heterocycles. The highest BCUT2D eigenvalue weighted by Gasteiger charge is 2.54. The molecule has 1 unspecified atom stereocenters. The van der Waals surface area contributed by atoms with E-state index in [1.54, 1.807) is 17.0 Å². The van der Waals surface area contributed by atoms with Crippen LogP contribution in [0.25, 0.3) is 0 Å². The molecule has 0 radical (unpaired) electrons. The van der Waals surface area contributed by atoms with E-state index in [2.05, 4.69) is 44.6 Å². The molecular formula is C39H50ClN9O5S. The average Bonchev–Trinajstić information content (AvgIpc) is 3.30. The fraction of sp³-hybridized carbons (Fsp3) is 0.564. The zero-order valence-corrected chi connectivity index (χ0v) is 33.4. The van der Waals surface area contributed by atoms with Gasteiger partial charge in [0.2, 0.25) is 17.7 Å². The van der Waals surface area contributed by atoms with E-state index in [4.69, 9.17) is 16.9 Å². The van der Waals surface area contributed by atoms with Gasteiger partial charge < -0.3 is 20.4 Å². The van der Waals surface area contributed by atoms with E-state index in [1.165, 1.54) is 10.5 Å². The number of piperazine rings is 1. The van der Waals surface area contributed by atoms with Gasteiger partial charge in [0.25, 0.3) is 5.91 Å². The van der Waals surface area contributed by atoms with Crippen LogP contribution in [0.5, 0.6) is 0 Å². The lowest BCUT2D eigenvalue weighted by Crippen LogP contribution is -2.58. The third kappa shape index (κ3) is 9.43. The summed E-state index contributed by atoms with van der Waals surface area (Å²) < 4.78 is 1.20. The van der Waals surface area contributed by atoms with Gasteiger partial charge in [-0.3, -0.25) is 29.4 Å². The van der Waals surface area contributed by atoms with Crippen LogP contribution in [0.4, 0.5) is 16.2 Å². The Hall–Kier alpha value is -4.23. The standard InChI is InChI=1S/C39H50ClN9O5S/c1-24-21-46(22-25(2)47(24)23-35(51)44-28-9-5-8-27(17-28)43-32-14-15-34(50)45-36(32)52)16-6-7-26-10-12-29(13-11-26)48-38(54)49(37(53)39(48,3)4)55-30-18-31(40)33(19-41)42-20-30/h5,8-9,17-18,20,24-26,29,32,43H,6-7,10-16,21-23H2,1-4H3,(H,44,51)(H,45,50,52)/t24-,25+,26?,29?,32?. The Balaban J connectivity index is 0.917. The maximum Gasteiger partial charge on any atom is 0.338 e. The Kier molecular flexibility index (Phi) is 12.7. The van der Waals surface area contributed by atoms with Crippen molar-refractivity contribution in [2.45, 2.75) is 114 Å². The van der Waals surface area contributed by atoms with Crippen LogP contribution in [0.2, 0.25) is 5.02 Å². The zero-order chi connectivity index (χ0) is 39.4. The predicted octanol–water partition coefficient (Wildman–Crippen LogP) is 5.25. The molecule has 4 fully saturated rings. The summed E-state index contributed by atoms with van der Waals surface area (Å²) in [6.07, 6.45) is 8.07. The molecule has 14 nitrogen and oxygen atoms in total. The Morgan fingerprint density at radius 3 is 2.44 bits per heavy atom. The number of aromatic nitrogens is 1. The SMILES string of the molecule is C[C@@H]1CN(CCCC2CCC(N3C(=O)N(Sc4cnc(C#N)c(Cl)c4)C(=O)C3(C)C)CC2)C[C@H](C)N1CC(=O)Nc1cccc(NC2CCC(=O)NC2=O)c1. The van der Waals surface area contributed by atoms with Crippen molar-refractivity contribution in [3.05, 3.63) is 47.2 Å². The number of pyridine rings is 1. The van der Waals surface area contributed by atoms with E-state index in [0.29, 0.717) is 28.6 Å². The van der Waals surface area contributed by atoms with Crippen LogP contribution >= 0.6 is 23.5 Å². The van der Waals surface area contributed by atoms with E-state index in [1.807, 2.05) is 38.1 Å². The molecule has 1 aromatic carbocycles. The summed E-state index contributed by atoms with van der Waals surface area (Å²) in [5.41, 5.74) is 0.468. The van der Waals surface area contributed by atoms with Crippen molar-refractivity contribution >= 4 is 64.6 Å². The number of piperidine rings is 1. The molecule has 3 saturated heterocycles. The monoisotopic (exact) mass is 791 g/mol. The Morgan fingerprint density at radius 1 is 1.05 bits per heavy atom. The lowest BCUT2D eigenvalue weighted by Gasteiger charge is -2.44.